The molecule has 1 aliphatic rings. The summed E-state index contributed by atoms with van der Waals surface area (Å²) in [7, 11) is 0. The van der Waals surface area contributed by atoms with Crippen molar-refractivity contribution in [2.45, 2.75) is 180 Å². The summed E-state index contributed by atoms with van der Waals surface area (Å²) in [6.45, 7) is 7.35. The molecule has 10 heteroatoms. The number of allylic oxidation sites excluding steroid dienone is 10. The minimum atomic E-state index is -1.62. The number of carbonyl (C=O) groups excluding carboxylic acids is 2. The summed E-state index contributed by atoms with van der Waals surface area (Å²) in [5, 5.41) is 40.9. The third kappa shape index (κ3) is 22.4. The maximum atomic E-state index is 13.4. The van der Waals surface area contributed by atoms with Crippen LogP contribution in [0.5, 0.6) is 0 Å². The van der Waals surface area contributed by atoms with Crippen molar-refractivity contribution in [3.05, 3.63) is 60.8 Å². The molecular formula is C43H72O10. The molecular weight excluding hydrogens is 676 g/mol. The second-order valence-corrected chi connectivity index (χ2v) is 14.2. The molecule has 0 radical (unpaired) electrons. The van der Waals surface area contributed by atoms with Crippen molar-refractivity contribution in [3.63, 3.8) is 0 Å². The van der Waals surface area contributed by atoms with E-state index in [1.165, 1.54) is 19.3 Å². The third-order valence-electron chi connectivity index (χ3n) is 9.24. The van der Waals surface area contributed by atoms with E-state index in [1.54, 1.807) is 0 Å². The summed E-state index contributed by atoms with van der Waals surface area (Å²) >= 11 is 0. The van der Waals surface area contributed by atoms with Crippen LogP contribution in [0.15, 0.2) is 60.8 Å². The van der Waals surface area contributed by atoms with Crippen LogP contribution in [0.25, 0.3) is 0 Å². The lowest BCUT2D eigenvalue weighted by Gasteiger charge is -2.42. The van der Waals surface area contributed by atoms with Crippen molar-refractivity contribution >= 4 is 11.9 Å². The number of hydrogen-bond acceptors (Lipinski definition) is 10. The van der Waals surface area contributed by atoms with Crippen LogP contribution in [-0.2, 0) is 28.8 Å². The molecule has 0 aliphatic carbocycles. The Hall–Kier alpha value is -2.60. The van der Waals surface area contributed by atoms with E-state index >= 15 is 0 Å². The first-order valence-electron chi connectivity index (χ1n) is 20.3. The van der Waals surface area contributed by atoms with E-state index in [1.807, 2.05) is 13.8 Å². The van der Waals surface area contributed by atoms with Gasteiger partial charge in [0.2, 0.25) is 0 Å². The average molecular weight is 749 g/mol. The van der Waals surface area contributed by atoms with Gasteiger partial charge in [-0.15, -0.1) is 0 Å². The molecule has 53 heavy (non-hydrogen) atoms. The van der Waals surface area contributed by atoms with Gasteiger partial charge in [-0.1, -0.05) is 121 Å². The first-order chi connectivity index (χ1) is 25.7. The van der Waals surface area contributed by atoms with Gasteiger partial charge in [0.25, 0.3) is 0 Å². The number of aliphatic hydroxyl groups is 4. The van der Waals surface area contributed by atoms with Gasteiger partial charge in [0, 0.05) is 0 Å². The molecule has 0 saturated carbocycles. The zero-order chi connectivity index (χ0) is 39.1. The van der Waals surface area contributed by atoms with Gasteiger partial charge in [0.15, 0.2) is 6.29 Å². The molecule has 1 rings (SSSR count). The summed E-state index contributed by atoms with van der Waals surface area (Å²) in [6, 6.07) is 0. The Labute approximate surface area is 319 Å². The monoisotopic (exact) mass is 749 g/mol. The first kappa shape index (κ1) is 48.4. The van der Waals surface area contributed by atoms with Crippen LogP contribution in [0.4, 0.5) is 0 Å². The van der Waals surface area contributed by atoms with Crippen LogP contribution in [0.1, 0.15) is 143 Å². The minimum absolute atomic E-state index is 0.121. The lowest BCUT2D eigenvalue weighted by Crippen LogP contribution is -2.60. The highest BCUT2D eigenvalue weighted by Gasteiger charge is 2.46. The summed E-state index contributed by atoms with van der Waals surface area (Å²) in [6.07, 6.45) is 29.4. The molecule has 0 aromatic heterocycles. The molecule has 0 spiro atoms. The normalized spacial score (nSPS) is 22.2. The minimum Gasteiger partial charge on any atom is -0.394 e. The molecule has 0 amide bonds. The third-order valence-corrected chi connectivity index (χ3v) is 9.24. The van der Waals surface area contributed by atoms with Crippen LogP contribution in [0.2, 0.25) is 0 Å². The Morgan fingerprint density at radius 1 is 0.660 bits per heavy atom. The SMILES string of the molecule is CC/C=C\C/C=C\C/C=C\CCCCCC(O[C@@H]1O[C@H](CO)[C@H](O)[C@H](O)[C@H]1O)C(C(=O)OOC(=O)CCCCC/C=C\C/C=C\CCCCC)C(C)C. The summed E-state index contributed by atoms with van der Waals surface area (Å²) in [5.74, 6) is -2.62. The van der Waals surface area contributed by atoms with E-state index in [0.29, 0.717) is 19.3 Å². The summed E-state index contributed by atoms with van der Waals surface area (Å²) in [4.78, 5) is 35.8. The Morgan fingerprint density at radius 2 is 1.21 bits per heavy atom. The quantitative estimate of drug-likeness (QED) is 0.0255. The lowest BCUT2D eigenvalue weighted by molar-refractivity contribution is -0.318. The molecule has 304 valence electrons. The molecule has 0 bridgehead atoms. The smallest absolute Gasteiger partial charge is 0.361 e. The van der Waals surface area contributed by atoms with Crippen molar-refractivity contribution in [3.8, 4) is 0 Å². The fourth-order valence-electron chi connectivity index (χ4n) is 6.06. The predicted molar refractivity (Wildman–Crippen MR) is 209 cm³/mol. The van der Waals surface area contributed by atoms with E-state index in [9.17, 15) is 30.0 Å². The van der Waals surface area contributed by atoms with Crippen molar-refractivity contribution in [1.82, 2.24) is 0 Å². The number of unbranched alkanes of at least 4 members (excludes halogenated alkanes) is 9. The number of aliphatic hydroxyl groups excluding tert-OH is 4. The first-order valence-corrected chi connectivity index (χ1v) is 20.3. The van der Waals surface area contributed by atoms with Crippen LogP contribution in [-0.4, -0.2) is 75.8 Å². The Bertz CT molecular complexity index is 1080. The largest absolute Gasteiger partial charge is 0.394 e. The summed E-state index contributed by atoms with van der Waals surface area (Å²) < 4.78 is 11.7. The number of ether oxygens (including phenoxy) is 2. The van der Waals surface area contributed by atoms with Gasteiger partial charge in [-0.05, 0) is 83.0 Å². The highest BCUT2D eigenvalue weighted by Crippen LogP contribution is 2.30. The van der Waals surface area contributed by atoms with Crippen LogP contribution in [0, 0.1) is 11.8 Å². The van der Waals surface area contributed by atoms with Crippen molar-refractivity contribution in [1.29, 1.82) is 0 Å². The summed E-state index contributed by atoms with van der Waals surface area (Å²) in [5.41, 5.74) is 0. The maximum absolute atomic E-state index is 13.4. The molecule has 0 aromatic carbocycles. The van der Waals surface area contributed by atoms with E-state index in [-0.39, 0.29) is 12.3 Å². The van der Waals surface area contributed by atoms with Crippen molar-refractivity contribution in [2.75, 3.05) is 6.61 Å². The van der Waals surface area contributed by atoms with E-state index in [2.05, 4.69) is 74.6 Å². The lowest BCUT2D eigenvalue weighted by atomic mass is 9.87. The van der Waals surface area contributed by atoms with E-state index in [0.717, 1.165) is 70.6 Å². The standard InChI is InChI=1S/C43H72O10/c1-5-7-9-11-13-15-17-19-21-23-25-27-29-31-35(50-43-41(48)40(47)39(46)36(33-44)51-43)38(34(3)4)42(49)53-52-37(45)32-30-28-26-24-22-20-18-16-14-12-10-8-6-2/h7,9,13-16,19-22,34-36,38-41,43-44,46-48H,5-6,8,10-12,17-18,23-33H2,1-4H3/b9-7-,15-13-,16-14-,21-19-,22-20-/t35?,36-,38?,39+,40+,41-,43-/m1/s1. The second kappa shape index (κ2) is 31.7. The predicted octanol–water partition coefficient (Wildman–Crippen LogP) is 8.29. The molecule has 1 heterocycles. The average Bonchev–Trinajstić information content (AvgIpc) is 3.14. The topological polar surface area (TPSA) is 152 Å². The highest BCUT2D eigenvalue weighted by atomic mass is 17.2. The zero-order valence-corrected chi connectivity index (χ0v) is 33.1. The van der Waals surface area contributed by atoms with E-state index < -0.39 is 61.3 Å². The maximum Gasteiger partial charge on any atom is 0.361 e. The van der Waals surface area contributed by atoms with Gasteiger partial charge < -0.3 is 29.9 Å². The van der Waals surface area contributed by atoms with Crippen LogP contribution in [0.3, 0.4) is 0 Å². The Morgan fingerprint density at radius 3 is 1.75 bits per heavy atom. The molecule has 1 fully saturated rings. The van der Waals surface area contributed by atoms with Crippen LogP contribution < -0.4 is 0 Å². The van der Waals surface area contributed by atoms with Gasteiger partial charge in [0.05, 0.1) is 25.0 Å². The number of hydrogen-bond donors (Lipinski definition) is 4. The molecule has 4 N–H and O–H groups in total. The van der Waals surface area contributed by atoms with Gasteiger partial charge in [-0.25, -0.2) is 19.4 Å². The van der Waals surface area contributed by atoms with Gasteiger partial charge in [-0.3, -0.25) is 0 Å². The van der Waals surface area contributed by atoms with Crippen molar-refractivity contribution in [2.24, 2.45) is 11.8 Å². The fraction of sp³-hybridized carbons (Fsp3) is 0.721. The zero-order valence-electron chi connectivity index (χ0n) is 33.1. The van der Waals surface area contributed by atoms with Gasteiger partial charge in [-0.2, -0.15) is 0 Å². The van der Waals surface area contributed by atoms with E-state index in [4.69, 9.17) is 19.2 Å². The molecule has 1 saturated heterocycles. The second-order valence-electron chi connectivity index (χ2n) is 14.2. The molecule has 7 atom stereocenters. The molecule has 0 aromatic rings. The number of carbonyl (C=O) groups is 2. The Kier molecular flexibility index (Phi) is 29.0. The van der Waals surface area contributed by atoms with Gasteiger partial charge in [0.1, 0.15) is 24.4 Å². The fourth-order valence-corrected chi connectivity index (χ4v) is 6.06. The number of rotatable bonds is 29. The molecule has 10 nitrogen and oxygen atoms in total. The van der Waals surface area contributed by atoms with Crippen molar-refractivity contribution < 1.29 is 49.3 Å². The molecule has 2 unspecified atom stereocenters. The highest BCUT2D eigenvalue weighted by molar-refractivity contribution is 5.75. The molecule has 1 aliphatic heterocycles. The Balaban J connectivity index is 2.66. The van der Waals surface area contributed by atoms with Gasteiger partial charge >= 0.3 is 11.9 Å². The van der Waals surface area contributed by atoms with Crippen LogP contribution >= 0.6 is 0 Å².